The number of rotatable bonds is 3. The van der Waals surface area contributed by atoms with Gasteiger partial charge in [0.05, 0.1) is 12.7 Å². The van der Waals surface area contributed by atoms with E-state index in [-0.39, 0.29) is 6.61 Å². The molecule has 1 heterocycles. The Morgan fingerprint density at radius 2 is 2.33 bits per heavy atom. The van der Waals surface area contributed by atoms with Crippen LogP contribution in [-0.2, 0) is 11.3 Å². The number of hydrogen-bond donors (Lipinski definition) is 1. The van der Waals surface area contributed by atoms with Crippen LogP contribution < -0.4 is 4.90 Å². The molecule has 0 spiro atoms. The van der Waals surface area contributed by atoms with Gasteiger partial charge in [0.25, 0.3) is 0 Å². The third-order valence-electron chi connectivity index (χ3n) is 3.36. The summed E-state index contributed by atoms with van der Waals surface area (Å²) in [6.07, 6.45) is 2.36. The Morgan fingerprint density at radius 3 is 3.06 bits per heavy atom. The van der Waals surface area contributed by atoms with Crippen molar-refractivity contribution in [2.45, 2.75) is 32.5 Å². The molecule has 0 bridgehead atoms. The number of anilines is 1. The summed E-state index contributed by atoms with van der Waals surface area (Å²) in [4.78, 5) is 2.33. The molecule has 1 aliphatic rings. The lowest BCUT2D eigenvalue weighted by molar-refractivity contribution is 0.0664. The van der Waals surface area contributed by atoms with Crippen LogP contribution >= 0.6 is 15.9 Å². The molecule has 1 unspecified atom stereocenters. The Hall–Kier alpha value is -0.580. The molecule has 18 heavy (non-hydrogen) atoms. The average Bonchev–Trinajstić information content (AvgIpc) is 2.63. The van der Waals surface area contributed by atoms with Crippen LogP contribution in [0.25, 0.3) is 0 Å². The normalized spacial score (nSPS) is 20.8. The van der Waals surface area contributed by atoms with Crippen molar-refractivity contribution in [2.24, 2.45) is 0 Å². The Labute approximate surface area is 117 Å². The fourth-order valence-corrected chi connectivity index (χ4v) is 2.76. The molecule has 1 fully saturated rings. The van der Waals surface area contributed by atoms with Crippen molar-refractivity contribution in [2.75, 3.05) is 24.6 Å². The first-order valence-electron chi connectivity index (χ1n) is 6.50. The zero-order chi connectivity index (χ0) is 13.0. The van der Waals surface area contributed by atoms with E-state index in [9.17, 15) is 5.11 Å². The van der Waals surface area contributed by atoms with Gasteiger partial charge in [-0.2, -0.15) is 0 Å². The molecule has 0 radical (unpaired) electrons. The van der Waals surface area contributed by atoms with E-state index in [1.165, 1.54) is 0 Å². The Balaban J connectivity index is 2.23. The number of benzene rings is 1. The number of hydrogen-bond acceptors (Lipinski definition) is 3. The van der Waals surface area contributed by atoms with Crippen LogP contribution in [0.3, 0.4) is 0 Å². The molecule has 100 valence electrons. The average molecular weight is 314 g/mol. The van der Waals surface area contributed by atoms with Crippen molar-refractivity contribution >= 4 is 21.6 Å². The summed E-state index contributed by atoms with van der Waals surface area (Å²) in [5, 5.41) is 9.49. The molecule has 1 aromatic carbocycles. The maximum absolute atomic E-state index is 9.49. The highest BCUT2D eigenvalue weighted by atomic mass is 79.9. The maximum Gasteiger partial charge on any atom is 0.0747 e. The fourth-order valence-electron chi connectivity index (χ4n) is 2.35. The predicted octanol–water partition coefficient (Wildman–Crippen LogP) is 2.95. The molecule has 1 atom stereocenters. The smallest absolute Gasteiger partial charge is 0.0747 e. The van der Waals surface area contributed by atoms with E-state index in [1.807, 2.05) is 12.1 Å². The molecular weight excluding hydrogens is 294 g/mol. The minimum atomic E-state index is 0.0723. The van der Waals surface area contributed by atoms with Gasteiger partial charge in [0.2, 0.25) is 0 Å². The number of aliphatic hydroxyl groups excluding tert-OH is 1. The van der Waals surface area contributed by atoms with Gasteiger partial charge in [0, 0.05) is 35.4 Å². The van der Waals surface area contributed by atoms with E-state index in [0.29, 0.717) is 6.10 Å². The number of nitrogens with zero attached hydrogens (tertiary/aromatic N) is 1. The summed E-state index contributed by atoms with van der Waals surface area (Å²) in [7, 11) is 0. The first-order valence-corrected chi connectivity index (χ1v) is 7.29. The van der Waals surface area contributed by atoms with Crippen molar-refractivity contribution in [3.05, 3.63) is 28.2 Å². The number of halogens is 1. The number of aliphatic hydroxyl groups is 1. The van der Waals surface area contributed by atoms with Gasteiger partial charge >= 0.3 is 0 Å². The van der Waals surface area contributed by atoms with Crippen molar-refractivity contribution in [1.82, 2.24) is 0 Å². The summed E-state index contributed by atoms with van der Waals surface area (Å²) in [5.74, 6) is 0. The molecule has 2 rings (SSSR count). The zero-order valence-electron chi connectivity index (χ0n) is 10.7. The molecule has 0 aliphatic carbocycles. The molecule has 0 amide bonds. The van der Waals surface area contributed by atoms with Gasteiger partial charge in [-0.3, -0.25) is 0 Å². The fraction of sp³-hybridized carbons (Fsp3) is 0.571. The molecule has 1 N–H and O–H groups in total. The zero-order valence-corrected chi connectivity index (χ0v) is 12.3. The van der Waals surface area contributed by atoms with E-state index in [2.05, 4.69) is 33.8 Å². The highest BCUT2D eigenvalue weighted by molar-refractivity contribution is 9.10. The van der Waals surface area contributed by atoms with Crippen LogP contribution in [0, 0.1) is 0 Å². The van der Waals surface area contributed by atoms with Crippen molar-refractivity contribution < 1.29 is 9.84 Å². The lowest BCUT2D eigenvalue weighted by atomic mass is 10.1. The van der Waals surface area contributed by atoms with Crippen LogP contribution in [0.4, 0.5) is 5.69 Å². The number of ether oxygens (including phenoxy) is 1. The van der Waals surface area contributed by atoms with Gasteiger partial charge in [0.1, 0.15) is 0 Å². The molecule has 0 aromatic heterocycles. The van der Waals surface area contributed by atoms with E-state index < -0.39 is 0 Å². The van der Waals surface area contributed by atoms with Gasteiger partial charge < -0.3 is 14.7 Å². The van der Waals surface area contributed by atoms with Crippen LogP contribution in [0.2, 0.25) is 0 Å². The summed E-state index contributed by atoms with van der Waals surface area (Å²) < 4.78 is 6.80. The van der Waals surface area contributed by atoms with E-state index in [1.54, 1.807) is 0 Å². The van der Waals surface area contributed by atoms with Gasteiger partial charge in [-0.1, -0.05) is 22.9 Å². The molecular formula is C14H20BrNO2. The minimum Gasteiger partial charge on any atom is -0.392 e. The second-order valence-electron chi connectivity index (χ2n) is 4.63. The van der Waals surface area contributed by atoms with Crippen molar-refractivity contribution in [1.29, 1.82) is 0 Å². The van der Waals surface area contributed by atoms with Crippen molar-refractivity contribution in [3.8, 4) is 0 Å². The van der Waals surface area contributed by atoms with Crippen LogP contribution in [0.1, 0.15) is 25.3 Å². The second kappa shape index (κ2) is 6.55. The van der Waals surface area contributed by atoms with E-state index in [0.717, 1.165) is 48.3 Å². The lowest BCUT2D eigenvalue weighted by Gasteiger charge is -2.27. The third-order valence-corrected chi connectivity index (χ3v) is 3.85. The van der Waals surface area contributed by atoms with E-state index >= 15 is 0 Å². The van der Waals surface area contributed by atoms with Gasteiger partial charge in [-0.25, -0.2) is 0 Å². The molecule has 0 saturated carbocycles. The largest absolute Gasteiger partial charge is 0.392 e. The third kappa shape index (κ3) is 3.25. The van der Waals surface area contributed by atoms with Crippen LogP contribution in [0.15, 0.2) is 22.7 Å². The first kappa shape index (κ1) is 13.8. The molecule has 1 aliphatic heterocycles. The SMILES string of the molecule is CCC1CN(c2ccc(Br)cc2CO)CCCO1. The quantitative estimate of drug-likeness (QED) is 0.931. The monoisotopic (exact) mass is 313 g/mol. The van der Waals surface area contributed by atoms with Gasteiger partial charge in [-0.15, -0.1) is 0 Å². The Bertz CT molecular complexity index is 397. The standard InChI is InChI=1S/C14H20BrNO2/c1-2-13-9-16(6-3-7-18-13)14-5-4-12(15)8-11(14)10-17/h4-5,8,13,17H,2-3,6-7,9-10H2,1H3. The summed E-state index contributed by atoms with van der Waals surface area (Å²) >= 11 is 3.45. The summed E-state index contributed by atoms with van der Waals surface area (Å²) in [5.41, 5.74) is 2.10. The summed E-state index contributed by atoms with van der Waals surface area (Å²) in [6.45, 7) is 4.96. The van der Waals surface area contributed by atoms with Crippen LogP contribution in [-0.4, -0.2) is 30.9 Å². The molecule has 1 aromatic rings. The Kier molecular flexibility index (Phi) is 5.03. The summed E-state index contributed by atoms with van der Waals surface area (Å²) in [6, 6.07) is 6.09. The molecule has 4 heteroatoms. The maximum atomic E-state index is 9.49. The van der Waals surface area contributed by atoms with Gasteiger partial charge in [0.15, 0.2) is 0 Å². The highest BCUT2D eigenvalue weighted by Crippen LogP contribution is 2.26. The minimum absolute atomic E-state index is 0.0723. The predicted molar refractivity (Wildman–Crippen MR) is 76.9 cm³/mol. The molecule has 1 saturated heterocycles. The van der Waals surface area contributed by atoms with Crippen LogP contribution in [0.5, 0.6) is 0 Å². The van der Waals surface area contributed by atoms with Gasteiger partial charge in [-0.05, 0) is 31.0 Å². The highest BCUT2D eigenvalue weighted by Gasteiger charge is 2.19. The van der Waals surface area contributed by atoms with E-state index in [4.69, 9.17) is 4.74 Å². The lowest BCUT2D eigenvalue weighted by Crippen LogP contribution is -2.32. The second-order valence-corrected chi connectivity index (χ2v) is 5.55. The molecule has 3 nitrogen and oxygen atoms in total. The van der Waals surface area contributed by atoms with Crippen molar-refractivity contribution in [3.63, 3.8) is 0 Å². The topological polar surface area (TPSA) is 32.7 Å². The Morgan fingerprint density at radius 1 is 1.50 bits per heavy atom. The first-order chi connectivity index (χ1) is 8.74.